The summed E-state index contributed by atoms with van der Waals surface area (Å²) >= 11 is 1.17. The minimum absolute atomic E-state index is 0.227. The average molecular weight is 345 g/mol. The van der Waals surface area contributed by atoms with Crippen LogP contribution >= 0.6 is 11.3 Å². The van der Waals surface area contributed by atoms with Crippen LogP contribution in [-0.2, 0) is 10.0 Å². The van der Waals surface area contributed by atoms with Crippen LogP contribution in [0.5, 0.6) is 0 Å². The fraction of sp³-hybridized carbons (Fsp3) is 0.667. The first kappa shape index (κ1) is 17.4. The van der Waals surface area contributed by atoms with E-state index in [1.165, 1.54) is 21.7 Å². The van der Waals surface area contributed by atoms with Gasteiger partial charge in [0.2, 0.25) is 10.0 Å². The lowest BCUT2D eigenvalue weighted by Gasteiger charge is -2.29. The third-order valence-electron chi connectivity index (χ3n) is 3.55. The van der Waals surface area contributed by atoms with Crippen LogP contribution in [0.25, 0.3) is 0 Å². The van der Waals surface area contributed by atoms with Crippen LogP contribution in [0.2, 0.25) is 0 Å². The van der Waals surface area contributed by atoms with E-state index in [4.69, 9.17) is 0 Å². The molecule has 1 amide bonds. The Kier molecular flexibility index (Phi) is 4.99. The van der Waals surface area contributed by atoms with E-state index in [-0.39, 0.29) is 16.3 Å². The Morgan fingerprint density at radius 3 is 2.68 bits per heavy atom. The van der Waals surface area contributed by atoms with Gasteiger partial charge in [0.25, 0.3) is 5.91 Å². The Bertz CT molecular complexity index is 644. The Labute approximate surface area is 136 Å². The zero-order chi connectivity index (χ0) is 16.5. The van der Waals surface area contributed by atoms with E-state index >= 15 is 0 Å². The van der Waals surface area contributed by atoms with E-state index in [1.807, 2.05) is 20.8 Å². The van der Waals surface area contributed by atoms with Crippen molar-refractivity contribution >= 4 is 27.3 Å². The summed E-state index contributed by atoms with van der Waals surface area (Å²) in [5.74, 6) is 0.150. The Hall–Kier alpha value is -0.920. The maximum Gasteiger partial charge on any atom is 0.261 e. The van der Waals surface area contributed by atoms with Gasteiger partial charge in [-0.3, -0.25) is 4.79 Å². The van der Waals surface area contributed by atoms with Crippen LogP contribution in [0, 0.1) is 5.92 Å². The Balaban J connectivity index is 2.18. The number of hydrogen-bond donors (Lipinski definition) is 1. The SMILES string of the molecule is C[C@H]1CCCN(S(=O)(=O)c2csc(C(=O)NC(C)(C)C)c2)C1. The molecule has 1 aliphatic heterocycles. The minimum atomic E-state index is -3.49. The fourth-order valence-corrected chi connectivity index (χ4v) is 5.24. The van der Waals surface area contributed by atoms with E-state index < -0.39 is 10.0 Å². The molecular formula is C15H24N2O3S2. The van der Waals surface area contributed by atoms with Crippen LogP contribution < -0.4 is 5.32 Å². The quantitative estimate of drug-likeness (QED) is 0.917. The predicted molar refractivity (Wildman–Crippen MR) is 88.7 cm³/mol. The summed E-state index contributed by atoms with van der Waals surface area (Å²) in [6, 6.07) is 1.49. The molecule has 1 saturated heterocycles. The molecule has 0 aromatic carbocycles. The van der Waals surface area contributed by atoms with Crippen molar-refractivity contribution in [1.82, 2.24) is 9.62 Å². The zero-order valence-corrected chi connectivity index (χ0v) is 15.2. The molecule has 1 N–H and O–H groups in total. The molecule has 0 radical (unpaired) electrons. The van der Waals surface area contributed by atoms with Gasteiger partial charge in [0, 0.05) is 24.0 Å². The van der Waals surface area contributed by atoms with E-state index in [9.17, 15) is 13.2 Å². The van der Waals surface area contributed by atoms with E-state index in [2.05, 4.69) is 12.2 Å². The molecule has 0 spiro atoms. The summed E-state index contributed by atoms with van der Waals surface area (Å²) in [5, 5.41) is 4.41. The molecule has 2 heterocycles. The molecule has 7 heteroatoms. The van der Waals surface area contributed by atoms with Gasteiger partial charge in [-0.25, -0.2) is 8.42 Å². The maximum absolute atomic E-state index is 12.7. The third-order valence-corrected chi connectivity index (χ3v) is 6.47. The summed E-state index contributed by atoms with van der Waals surface area (Å²) in [6.07, 6.45) is 1.96. The van der Waals surface area contributed by atoms with Gasteiger partial charge in [0.15, 0.2) is 0 Å². The molecule has 2 rings (SSSR count). The highest BCUT2D eigenvalue weighted by Crippen LogP contribution is 2.27. The van der Waals surface area contributed by atoms with E-state index in [0.717, 1.165) is 12.8 Å². The first-order valence-corrected chi connectivity index (χ1v) is 9.83. The molecule has 1 aromatic rings. The monoisotopic (exact) mass is 344 g/mol. The van der Waals surface area contributed by atoms with Crippen molar-refractivity contribution in [1.29, 1.82) is 0 Å². The van der Waals surface area contributed by atoms with Crippen LogP contribution in [0.15, 0.2) is 16.3 Å². The number of carbonyl (C=O) groups excluding carboxylic acids is 1. The van der Waals surface area contributed by atoms with Crippen molar-refractivity contribution in [3.8, 4) is 0 Å². The van der Waals surface area contributed by atoms with Crippen molar-refractivity contribution in [2.24, 2.45) is 5.92 Å². The second kappa shape index (κ2) is 6.29. The molecular weight excluding hydrogens is 320 g/mol. The van der Waals surface area contributed by atoms with Crippen LogP contribution in [0.4, 0.5) is 0 Å². The van der Waals surface area contributed by atoms with Crippen molar-refractivity contribution in [2.45, 2.75) is 51.0 Å². The van der Waals surface area contributed by atoms with Crippen LogP contribution in [-0.4, -0.2) is 37.3 Å². The maximum atomic E-state index is 12.7. The minimum Gasteiger partial charge on any atom is -0.347 e. The molecule has 0 bridgehead atoms. The first-order valence-electron chi connectivity index (χ1n) is 7.51. The van der Waals surface area contributed by atoms with Gasteiger partial charge < -0.3 is 5.32 Å². The van der Waals surface area contributed by atoms with Gasteiger partial charge in [-0.05, 0) is 45.6 Å². The molecule has 1 aliphatic rings. The normalized spacial score (nSPS) is 20.8. The van der Waals surface area contributed by atoms with Gasteiger partial charge in [-0.15, -0.1) is 11.3 Å². The highest BCUT2D eigenvalue weighted by Gasteiger charge is 2.30. The molecule has 1 aromatic heterocycles. The summed E-state index contributed by atoms with van der Waals surface area (Å²) in [7, 11) is -3.49. The number of rotatable bonds is 3. The van der Waals surface area contributed by atoms with Crippen molar-refractivity contribution in [3.05, 3.63) is 16.3 Å². The molecule has 124 valence electrons. The van der Waals surface area contributed by atoms with Crippen molar-refractivity contribution in [3.63, 3.8) is 0 Å². The number of sulfonamides is 1. The number of carbonyl (C=O) groups is 1. The summed E-state index contributed by atoms with van der Waals surface area (Å²) < 4.78 is 26.8. The number of amides is 1. The average Bonchev–Trinajstić information content (AvgIpc) is 2.87. The second-order valence-corrected chi connectivity index (χ2v) is 9.81. The van der Waals surface area contributed by atoms with Gasteiger partial charge in [-0.1, -0.05) is 6.92 Å². The number of piperidine rings is 1. The van der Waals surface area contributed by atoms with Gasteiger partial charge in [0.05, 0.1) is 9.77 Å². The van der Waals surface area contributed by atoms with Gasteiger partial charge >= 0.3 is 0 Å². The number of nitrogens with one attached hydrogen (secondary N) is 1. The lowest BCUT2D eigenvalue weighted by molar-refractivity contribution is 0.0923. The van der Waals surface area contributed by atoms with Crippen LogP contribution in [0.3, 0.4) is 0 Å². The molecule has 1 atom stereocenters. The van der Waals surface area contributed by atoms with Gasteiger partial charge in [0.1, 0.15) is 0 Å². The van der Waals surface area contributed by atoms with Crippen molar-refractivity contribution < 1.29 is 13.2 Å². The van der Waals surface area contributed by atoms with E-state index in [0.29, 0.717) is 23.9 Å². The lowest BCUT2D eigenvalue weighted by atomic mass is 10.0. The van der Waals surface area contributed by atoms with Crippen LogP contribution in [0.1, 0.15) is 50.2 Å². The lowest BCUT2D eigenvalue weighted by Crippen LogP contribution is -2.40. The summed E-state index contributed by atoms with van der Waals surface area (Å²) in [4.78, 5) is 12.8. The number of thiophene rings is 1. The van der Waals surface area contributed by atoms with Gasteiger partial charge in [-0.2, -0.15) is 4.31 Å². The highest BCUT2D eigenvalue weighted by molar-refractivity contribution is 7.89. The Morgan fingerprint density at radius 1 is 1.41 bits per heavy atom. The topological polar surface area (TPSA) is 66.5 Å². The molecule has 0 unspecified atom stereocenters. The molecule has 1 fully saturated rings. The Morgan fingerprint density at radius 2 is 2.09 bits per heavy atom. The smallest absolute Gasteiger partial charge is 0.261 e. The summed E-state index contributed by atoms with van der Waals surface area (Å²) in [5.41, 5.74) is -0.345. The third kappa shape index (κ3) is 4.08. The molecule has 22 heavy (non-hydrogen) atoms. The molecule has 5 nitrogen and oxygen atoms in total. The van der Waals surface area contributed by atoms with E-state index in [1.54, 1.807) is 5.38 Å². The molecule has 0 saturated carbocycles. The summed E-state index contributed by atoms with van der Waals surface area (Å²) in [6.45, 7) is 8.87. The molecule has 0 aliphatic carbocycles. The van der Waals surface area contributed by atoms with Crippen molar-refractivity contribution in [2.75, 3.05) is 13.1 Å². The number of nitrogens with zero attached hydrogens (tertiary/aromatic N) is 1. The number of hydrogen-bond acceptors (Lipinski definition) is 4. The zero-order valence-electron chi connectivity index (χ0n) is 13.5. The highest BCUT2D eigenvalue weighted by atomic mass is 32.2. The standard InChI is InChI=1S/C15H24N2O3S2/c1-11-6-5-7-17(9-11)22(19,20)12-8-13(21-10-12)14(18)16-15(2,3)4/h8,10-11H,5-7,9H2,1-4H3,(H,16,18)/t11-/m0/s1. The second-order valence-electron chi connectivity index (χ2n) is 6.96. The predicted octanol–water partition coefficient (Wildman–Crippen LogP) is 2.70. The largest absolute Gasteiger partial charge is 0.347 e. The first-order chi connectivity index (χ1) is 10.1. The fourth-order valence-electron chi connectivity index (χ4n) is 2.49.